The number of aliphatic hydroxyl groups excluding tert-OH is 4. The molecule has 12 atom stereocenters. The summed E-state index contributed by atoms with van der Waals surface area (Å²) in [6.45, 7) is 7.48. The lowest BCUT2D eigenvalue weighted by Gasteiger charge is -2.32. The van der Waals surface area contributed by atoms with Gasteiger partial charge in [-0.1, -0.05) is 157 Å². The third-order valence-electron chi connectivity index (χ3n) is 15.8. The van der Waals surface area contributed by atoms with Gasteiger partial charge >= 0.3 is 18.2 Å². The van der Waals surface area contributed by atoms with E-state index in [-0.39, 0.29) is 50.9 Å². The number of carbonyl (C=O) groups is 11. The van der Waals surface area contributed by atoms with Gasteiger partial charge in [0.25, 0.3) is 0 Å². The van der Waals surface area contributed by atoms with Gasteiger partial charge in [0.05, 0.1) is 38.0 Å². The van der Waals surface area contributed by atoms with E-state index in [4.69, 9.17) is 20.3 Å². The van der Waals surface area contributed by atoms with Crippen LogP contribution < -0.4 is 58.9 Å². The standard InChI is InChI=1S/C66H89N11O18/c1-8-37(6)52(61(87)75-53(38(7)80)60(86)69-30-50(81)70-48(31-78)59(85)73-49(32-79)64(90)91)74-57(83)46(27-28-68-65(92)94-33-39-19-11-9-12-20-39)71-58(84)47(29-35(2)3)72-63(89)55(56(82)36(4)5)76-62(88)54(51(67)40-21-13-10-14-22-40)77-66(93)95-34-45-43-25-17-15-23-41(43)42-24-16-18-26-44(42)45/h9-26,35-38,45-49,51-56,78-80,82H,8,27-34,67H2,1-7H3,(H,68,92)(H,69,86)(H,70,81)(H,71,84)(H,72,89)(H,73,85)(H,74,83)(H,75,87)(H,76,88)(H,77,93)(H,90,91)/t37-,38-,46+,47-,48-,49-,51+,52-,53-,54-,55?,56+/m0/s1. The van der Waals surface area contributed by atoms with Crippen LogP contribution in [0, 0.1) is 17.8 Å². The van der Waals surface area contributed by atoms with Crippen LogP contribution in [0.5, 0.6) is 0 Å². The summed E-state index contributed by atoms with van der Waals surface area (Å²) in [5, 5.41) is 74.6. The van der Waals surface area contributed by atoms with Crippen LogP contribution in [0.3, 0.4) is 0 Å². The molecule has 0 aliphatic heterocycles. The van der Waals surface area contributed by atoms with Crippen LogP contribution in [0.25, 0.3) is 11.1 Å². The van der Waals surface area contributed by atoms with Gasteiger partial charge < -0.3 is 93.9 Å². The van der Waals surface area contributed by atoms with Crippen molar-refractivity contribution in [2.75, 3.05) is 32.9 Å². The summed E-state index contributed by atoms with van der Waals surface area (Å²) in [5.74, 6) is -12.2. The summed E-state index contributed by atoms with van der Waals surface area (Å²) in [7, 11) is 0. The zero-order valence-electron chi connectivity index (χ0n) is 54.0. The number of hydrogen-bond acceptors (Lipinski definition) is 18. The molecule has 1 aliphatic carbocycles. The van der Waals surface area contributed by atoms with Crippen LogP contribution in [0.2, 0.25) is 0 Å². The van der Waals surface area contributed by atoms with E-state index >= 15 is 0 Å². The van der Waals surface area contributed by atoms with Crippen molar-refractivity contribution in [2.24, 2.45) is 23.5 Å². The Morgan fingerprint density at radius 1 is 0.516 bits per heavy atom. The fourth-order valence-electron chi connectivity index (χ4n) is 10.3. The van der Waals surface area contributed by atoms with E-state index in [9.17, 15) is 73.2 Å². The maximum absolute atomic E-state index is 14.7. The van der Waals surface area contributed by atoms with Crippen molar-refractivity contribution < 1.29 is 87.7 Å². The van der Waals surface area contributed by atoms with E-state index in [0.717, 1.165) is 29.2 Å². The van der Waals surface area contributed by atoms with E-state index in [2.05, 4.69) is 47.9 Å². The van der Waals surface area contributed by atoms with Crippen molar-refractivity contribution in [2.45, 2.75) is 147 Å². The highest BCUT2D eigenvalue weighted by Crippen LogP contribution is 2.44. The number of nitrogens with one attached hydrogen (secondary N) is 10. The smallest absolute Gasteiger partial charge is 0.407 e. The molecule has 1 aliphatic rings. The number of aliphatic hydroxyl groups is 4. The number of carbonyl (C=O) groups excluding carboxylic acids is 10. The Labute approximate surface area is 550 Å². The topological polar surface area (TPSA) is 454 Å². The molecule has 0 saturated carbocycles. The maximum Gasteiger partial charge on any atom is 0.407 e. The van der Waals surface area contributed by atoms with E-state index < -0.39 is 164 Å². The Kier molecular flexibility index (Phi) is 30.0. The van der Waals surface area contributed by atoms with Crippen LogP contribution in [0.15, 0.2) is 109 Å². The number of ether oxygens (including phenoxy) is 2. The molecule has 0 fully saturated rings. The van der Waals surface area contributed by atoms with Crippen molar-refractivity contribution in [3.63, 3.8) is 0 Å². The summed E-state index contributed by atoms with van der Waals surface area (Å²) in [6.07, 6.45) is -5.45. The average molecular weight is 1320 g/mol. The molecular weight excluding hydrogens is 1230 g/mol. The number of fused-ring (bicyclic) bond motifs is 3. The predicted octanol–water partition coefficient (Wildman–Crippen LogP) is -0.0209. The van der Waals surface area contributed by atoms with Gasteiger partial charge in [0.15, 0.2) is 0 Å². The highest BCUT2D eigenvalue weighted by Gasteiger charge is 2.40. The molecule has 516 valence electrons. The number of carboxylic acids is 1. The third-order valence-corrected chi connectivity index (χ3v) is 15.8. The lowest BCUT2D eigenvalue weighted by Crippen LogP contribution is -2.63. The quantitative estimate of drug-likeness (QED) is 0.0284. The molecule has 0 spiro atoms. The van der Waals surface area contributed by atoms with Crippen molar-refractivity contribution in [3.8, 4) is 11.1 Å². The molecule has 29 heteroatoms. The minimum atomic E-state index is -1.81. The molecule has 10 amide bonds. The Morgan fingerprint density at radius 2 is 1.02 bits per heavy atom. The zero-order chi connectivity index (χ0) is 70.1. The van der Waals surface area contributed by atoms with Gasteiger partial charge in [-0.2, -0.15) is 0 Å². The maximum atomic E-state index is 14.7. The zero-order valence-corrected chi connectivity index (χ0v) is 54.0. The predicted molar refractivity (Wildman–Crippen MR) is 344 cm³/mol. The van der Waals surface area contributed by atoms with Crippen LogP contribution in [-0.2, 0) is 59.2 Å². The molecular formula is C66H89N11O18. The number of carboxylic acid groups (broad SMARTS) is 1. The number of benzene rings is 4. The molecule has 0 aromatic heterocycles. The first kappa shape index (κ1) is 76.2. The summed E-state index contributed by atoms with van der Waals surface area (Å²) < 4.78 is 11.1. The van der Waals surface area contributed by atoms with Gasteiger partial charge in [-0.15, -0.1) is 0 Å². The monoisotopic (exact) mass is 1320 g/mol. The van der Waals surface area contributed by atoms with Crippen molar-refractivity contribution in [1.29, 1.82) is 0 Å². The van der Waals surface area contributed by atoms with Crippen LogP contribution >= 0.6 is 0 Å². The van der Waals surface area contributed by atoms with E-state index in [1.807, 2.05) is 53.8 Å². The Bertz CT molecular complexity index is 3220. The number of nitrogens with two attached hydrogens (primary N) is 1. The number of amides is 10. The van der Waals surface area contributed by atoms with Gasteiger partial charge in [0.1, 0.15) is 61.5 Å². The molecule has 0 saturated heterocycles. The number of aliphatic carboxylic acids is 1. The summed E-state index contributed by atoms with van der Waals surface area (Å²) in [6, 6.07) is 17.8. The average Bonchev–Trinajstić information content (AvgIpc) is 1.62. The molecule has 29 nitrogen and oxygen atoms in total. The highest BCUT2D eigenvalue weighted by molar-refractivity contribution is 5.98. The van der Waals surface area contributed by atoms with Crippen LogP contribution in [-0.4, -0.2) is 184 Å². The fraction of sp³-hybridized carbons (Fsp3) is 0.470. The molecule has 1 unspecified atom stereocenters. The normalized spacial score (nSPS) is 15.5. The molecule has 5 rings (SSSR count). The van der Waals surface area contributed by atoms with Crippen LogP contribution in [0.1, 0.15) is 102 Å². The second-order valence-corrected chi connectivity index (χ2v) is 23.8. The second kappa shape index (κ2) is 37.4. The molecule has 17 N–H and O–H groups in total. The minimum absolute atomic E-state index is 0.100. The first-order valence-electron chi connectivity index (χ1n) is 31.3. The summed E-state index contributed by atoms with van der Waals surface area (Å²) in [5.41, 5.74) is 11.6. The molecule has 4 aromatic carbocycles. The number of hydrogen-bond donors (Lipinski definition) is 16. The van der Waals surface area contributed by atoms with E-state index in [0.29, 0.717) is 11.1 Å². The third kappa shape index (κ3) is 22.6. The molecule has 0 radical (unpaired) electrons. The number of alkyl carbamates (subject to hydrolysis) is 2. The minimum Gasteiger partial charge on any atom is -0.480 e. The first-order chi connectivity index (χ1) is 45.2. The Morgan fingerprint density at radius 3 is 1.58 bits per heavy atom. The summed E-state index contributed by atoms with van der Waals surface area (Å²) >= 11 is 0. The largest absolute Gasteiger partial charge is 0.480 e. The fourth-order valence-corrected chi connectivity index (χ4v) is 10.3. The van der Waals surface area contributed by atoms with Crippen molar-refractivity contribution in [1.82, 2.24) is 53.2 Å². The lowest BCUT2D eigenvalue weighted by molar-refractivity contribution is -0.143. The number of rotatable bonds is 36. The van der Waals surface area contributed by atoms with Crippen LogP contribution in [0.4, 0.5) is 9.59 Å². The van der Waals surface area contributed by atoms with Crippen molar-refractivity contribution in [3.05, 3.63) is 131 Å². The van der Waals surface area contributed by atoms with Gasteiger partial charge in [0, 0.05) is 12.5 Å². The summed E-state index contributed by atoms with van der Waals surface area (Å²) in [4.78, 5) is 150. The van der Waals surface area contributed by atoms with Gasteiger partial charge in [-0.25, -0.2) is 14.4 Å². The highest BCUT2D eigenvalue weighted by atomic mass is 16.6. The van der Waals surface area contributed by atoms with Gasteiger partial charge in [-0.05, 0) is 70.9 Å². The van der Waals surface area contributed by atoms with Gasteiger partial charge in [0.2, 0.25) is 47.3 Å². The molecule has 0 bridgehead atoms. The molecule has 0 heterocycles. The van der Waals surface area contributed by atoms with Gasteiger partial charge in [-0.3, -0.25) is 38.4 Å². The van der Waals surface area contributed by atoms with E-state index in [1.165, 1.54) is 0 Å². The Balaban J connectivity index is 1.36. The SMILES string of the molecule is CC[C@H](C)[C@H](NC(=O)[C@@H](CCNC(=O)OCc1ccccc1)NC(=O)[C@H](CC(C)C)NC(=O)C(NC(=O)[C@@H](NC(=O)OCC1c2ccccc2-c2ccccc21)[C@H](N)c1ccccc1)[C@H](O)C(C)C)C(=O)N[C@H](C(=O)NCC(=O)N[C@@H](CO)C(=O)N[C@@H](CO)C(=O)O)[C@H](C)O. The lowest BCUT2D eigenvalue weighted by atomic mass is 9.95. The molecule has 4 aromatic rings. The molecule has 95 heavy (non-hydrogen) atoms. The first-order valence-corrected chi connectivity index (χ1v) is 31.3. The van der Waals surface area contributed by atoms with Crippen molar-refractivity contribution >= 4 is 65.4 Å². The Hall–Kier alpha value is -9.55. The van der Waals surface area contributed by atoms with E-state index in [1.54, 1.807) is 102 Å². The second-order valence-electron chi connectivity index (χ2n) is 23.8.